The summed E-state index contributed by atoms with van der Waals surface area (Å²) in [4.78, 5) is 0. The van der Waals surface area contributed by atoms with Gasteiger partial charge in [-0.2, -0.15) is 0 Å². The molecule has 0 heterocycles. The van der Waals surface area contributed by atoms with Gasteiger partial charge in [-0.3, -0.25) is 0 Å². The Labute approximate surface area is 70.0 Å². The van der Waals surface area contributed by atoms with E-state index >= 15 is 0 Å². The van der Waals surface area contributed by atoms with E-state index in [1.807, 2.05) is 19.9 Å². The van der Waals surface area contributed by atoms with Crippen LogP contribution in [0.25, 0.3) is 0 Å². The molecule has 0 radical (unpaired) electrons. The van der Waals surface area contributed by atoms with Crippen LogP contribution in [-0.4, -0.2) is 13.2 Å². The van der Waals surface area contributed by atoms with Gasteiger partial charge >= 0.3 is 69.7 Å². The van der Waals surface area contributed by atoms with Crippen LogP contribution in [0, 0.1) is 0 Å². The predicted octanol–water partition coefficient (Wildman–Crippen LogP) is 2.11. The van der Waals surface area contributed by atoms with Crippen LogP contribution in [-0.2, 0) is 25.3 Å². The summed E-state index contributed by atoms with van der Waals surface area (Å²) in [5.41, 5.74) is 0. The molecule has 0 aromatic rings. The summed E-state index contributed by atoms with van der Waals surface area (Å²) < 4.78 is 11.7. The number of hydrogen-bond acceptors (Lipinski definition) is 2. The molecule has 0 amide bonds. The van der Waals surface area contributed by atoms with E-state index in [1.165, 1.54) is 0 Å². The van der Waals surface area contributed by atoms with Crippen molar-refractivity contribution in [2.75, 3.05) is 13.2 Å². The molecule has 0 atom stereocenters. The van der Waals surface area contributed by atoms with Crippen molar-refractivity contribution in [3.8, 4) is 0 Å². The molecule has 0 bridgehead atoms. The fourth-order valence-electron chi connectivity index (χ4n) is 0.599. The molecule has 0 spiro atoms. The second-order valence-electron chi connectivity index (χ2n) is 1.73. The van der Waals surface area contributed by atoms with Gasteiger partial charge in [-0.1, -0.05) is 0 Å². The molecule has 0 N–H and O–H groups in total. The Balaban J connectivity index is 3.38. The molecule has 2 nitrogen and oxygen atoms in total. The molecule has 3 heteroatoms. The van der Waals surface area contributed by atoms with Crippen LogP contribution in [0.3, 0.4) is 0 Å². The molecule has 0 aromatic heterocycles. The van der Waals surface area contributed by atoms with Crippen LogP contribution in [0.4, 0.5) is 0 Å². The van der Waals surface area contributed by atoms with Gasteiger partial charge < -0.3 is 0 Å². The summed E-state index contributed by atoms with van der Waals surface area (Å²) in [7, 11) is 0. The van der Waals surface area contributed by atoms with Crippen LogP contribution in [0.1, 0.15) is 13.8 Å². The van der Waals surface area contributed by atoms with Gasteiger partial charge in [0.1, 0.15) is 0 Å². The maximum atomic E-state index is 5.40. The van der Waals surface area contributed by atoms with E-state index in [2.05, 4.69) is 6.58 Å². The molecule has 0 aliphatic carbocycles. The van der Waals surface area contributed by atoms with Crippen LogP contribution < -0.4 is 0 Å². The normalized spacial score (nSPS) is 9.40. The first-order valence-electron chi connectivity index (χ1n) is 3.57. The van der Waals surface area contributed by atoms with E-state index in [0.29, 0.717) is 0 Å². The minimum absolute atomic E-state index is 0.767. The van der Waals surface area contributed by atoms with Crippen molar-refractivity contribution in [3.05, 3.63) is 12.7 Å². The van der Waals surface area contributed by atoms with Gasteiger partial charge in [0.15, 0.2) is 0 Å². The molecule has 0 rings (SSSR count). The number of allylic oxidation sites excluding steroid dienone is 1. The standard InChI is InChI=1S/C3H5.2C2H5O.Ti/c1-3-2;2*1-2-3;/h3H,1-2H2;2*2H2,1H3;/q;2*-1;+2. The summed E-state index contributed by atoms with van der Waals surface area (Å²) in [5.74, 6) is 0. The second kappa shape index (κ2) is 7.48. The Kier molecular flexibility index (Phi) is 7.76. The van der Waals surface area contributed by atoms with Gasteiger partial charge in [-0.05, 0) is 0 Å². The van der Waals surface area contributed by atoms with Crippen molar-refractivity contribution in [3.63, 3.8) is 0 Å². The zero-order chi connectivity index (χ0) is 7.82. The molecule has 0 aliphatic heterocycles. The molecule has 0 fully saturated rings. The van der Waals surface area contributed by atoms with E-state index in [9.17, 15) is 0 Å². The average Bonchev–Trinajstić information content (AvgIpc) is 1.90. The third kappa shape index (κ3) is 5.18. The molecular formula is C7H15O2Ti. The Morgan fingerprint density at radius 1 is 1.30 bits per heavy atom. The van der Waals surface area contributed by atoms with E-state index in [0.717, 1.165) is 17.9 Å². The molecular weight excluding hydrogens is 164 g/mol. The third-order valence-corrected chi connectivity index (χ3v) is 3.80. The summed E-state index contributed by atoms with van der Waals surface area (Å²) in [5, 5.41) is 0. The molecule has 0 saturated carbocycles. The predicted molar refractivity (Wildman–Crippen MR) is 38.3 cm³/mol. The van der Waals surface area contributed by atoms with E-state index in [4.69, 9.17) is 6.64 Å². The minimum atomic E-state index is -1.60. The zero-order valence-corrected chi connectivity index (χ0v) is 8.28. The SMILES string of the molecule is C=C[CH2][Ti]([O]CC)[O]CC. The van der Waals surface area contributed by atoms with E-state index in [-0.39, 0.29) is 0 Å². The monoisotopic (exact) mass is 179 g/mol. The van der Waals surface area contributed by atoms with Crippen molar-refractivity contribution in [1.82, 2.24) is 0 Å². The first-order chi connectivity index (χ1) is 4.85. The summed E-state index contributed by atoms with van der Waals surface area (Å²) in [6, 6.07) is 0. The molecule has 10 heavy (non-hydrogen) atoms. The Morgan fingerprint density at radius 2 is 1.80 bits per heavy atom. The Morgan fingerprint density at radius 3 is 2.10 bits per heavy atom. The maximum absolute atomic E-state index is 5.40. The quantitative estimate of drug-likeness (QED) is 0.459. The fraction of sp³-hybridized carbons (Fsp3) is 0.714. The molecule has 0 unspecified atom stereocenters. The second-order valence-corrected chi connectivity index (χ2v) is 4.43. The van der Waals surface area contributed by atoms with Crippen LogP contribution in [0.2, 0.25) is 4.73 Å². The number of rotatable bonds is 6. The fourth-order valence-corrected chi connectivity index (χ4v) is 2.47. The van der Waals surface area contributed by atoms with Crippen LogP contribution >= 0.6 is 0 Å². The number of hydrogen-bond donors (Lipinski definition) is 0. The van der Waals surface area contributed by atoms with Gasteiger partial charge in [0.05, 0.1) is 0 Å². The molecule has 0 aliphatic rings. The van der Waals surface area contributed by atoms with Crippen molar-refractivity contribution >= 4 is 0 Å². The summed E-state index contributed by atoms with van der Waals surface area (Å²) in [6.45, 7) is 9.17. The topological polar surface area (TPSA) is 18.5 Å². The van der Waals surface area contributed by atoms with Gasteiger partial charge in [-0.25, -0.2) is 0 Å². The first-order valence-corrected chi connectivity index (χ1v) is 5.95. The van der Waals surface area contributed by atoms with E-state index < -0.39 is 18.6 Å². The van der Waals surface area contributed by atoms with Gasteiger partial charge in [0.25, 0.3) is 0 Å². The third-order valence-electron chi connectivity index (χ3n) is 0.922. The van der Waals surface area contributed by atoms with Crippen LogP contribution in [0.15, 0.2) is 12.7 Å². The first kappa shape index (κ1) is 10.4. The van der Waals surface area contributed by atoms with Crippen molar-refractivity contribution in [1.29, 1.82) is 0 Å². The average molecular weight is 179 g/mol. The van der Waals surface area contributed by atoms with Crippen molar-refractivity contribution < 1.29 is 25.3 Å². The Hall–Kier alpha value is 0.374. The molecule has 59 valence electrons. The molecule has 0 aromatic carbocycles. The summed E-state index contributed by atoms with van der Waals surface area (Å²) >= 11 is -1.60. The van der Waals surface area contributed by atoms with Gasteiger partial charge in [0.2, 0.25) is 0 Å². The molecule has 0 saturated heterocycles. The van der Waals surface area contributed by atoms with Gasteiger partial charge in [-0.15, -0.1) is 0 Å². The van der Waals surface area contributed by atoms with Crippen LogP contribution in [0.5, 0.6) is 0 Å². The van der Waals surface area contributed by atoms with Crippen molar-refractivity contribution in [2.45, 2.75) is 18.6 Å². The van der Waals surface area contributed by atoms with Gasteiger partial charge in [0, 0.05) is 0 Å². The van der Waals surface area contributed by atoms with Crippen molar-refractivity contribution in [2.24, 2.45) is 0 Å². The summed E-state index contributed by atoms with van der Waals surface area (Å²) in [6.07, 6.45) is 1.88. The zero-order valence-electron chi connectivity index (χ0n) is 6.72. The Bertz CT molecular complexity index is 79.7. The van der Waals surface area contributed by atoms with E-state index in [1.54, 1.807) is 0 Å².